The van der Waals surface area contributed by atoms with Gasteiger partial charge in [0.2, 0.25) is 0 Å². The molecular formula is C14H6F8O. The van der Waals surface area contributed by atoms with Crippen LogP contribution in [0.1, 0.15) is 11.1 Å². The van der Waals surface area contributed by atoms with Gasteiger partial charge in [-0.1, -0.05) is 6.07 Å². The average molecular weight is 342 g/mol. The number of alkyl halides is 6. The Labute approximate surface area is 124 Å². The second kappa shape index (κ2) is 5.71. The molecule has 0 radical (unpaired) electrons. The first-order chi connectivity index (χ1) is 10.5. The van der Waals surface area contributed by atoms with Crippen LogP contribution in [0.2, 0.25) is 0 Å². The Morgan fingerprint density at radius 3 is 1.70 bits per heavy atom. The second-order valence-electron chi connectivity index (χ2n) is 4.39. The Balaban J connectivity index is 2.38. The standard InChI is InChI=1S/C14H6F8O/c15-10-5-8(14(20,21)22)6-11(16)12(10)23-9-3-1-2-7(4-9)13(17,18)19/h1-6H. The quantitative estimate of drug-likeness (QED) is 0.627. The normalized spacial score (nSPS) is 12.3. The molecule has 23 heavy (non-hydrogen) atoms. The molecular weight excluding hydrogens is 336 g/mol. The molecule has 0 atom stereocenters. The van der Waals surface area contributed by atoms with Gasteiger partial charge in [-0.15, -0.1) is 0 Å². The van der Waals surface area contributed by atoms with Crippen LogP contribution in [0.25, 0.3) is 0 Å². The van der Waals surface area contributed by atoms with Crippen molar-refractivity contribution >= 4 is 0 Å². The highest BCUT2D eigenvalue weighted by Crippen LogP contribution is 2.37. The van der Waals surface area contributed by atoms with Crippen LogP contribution in [0.3, 0.4) is 0 Å². The summed E-state index contributed by atoms with van der Waals surface area (Å²) in [6.45, 7) is 0. The van der Waals surface area contributed by atoms with Gasteiger partial charge in [-0.2, -0.15) is 26.3 Å². The van der Waals surface area contributed by atoms with Gasteiger partial charge in [0.1, 0.15) is 5.75 Å². The van der Waals surface area contributed by atoms with Crippen molar-refractivity contribution in [2.45, 2.75) is 12.4 Å². The van der Waals surface area contributed by atoms with E-state index in [0.29, 0.717) is 12.1 Å². The highest BCUT2D eigenvalue weighted by molar-refractivity contribution is 5.38. The third-order valence-corrected chi connectivity index (χ3v) is 2.71. The van der Waals surface area contributed by atoms with Crippen molar-refractivity contribution in [3.63, 3.8) is 0 Å². The molecule has 0 unspecified atom stereocenters. The van der Waals surface area contributed by atoms with Gasteiger partial charge in [0.15, 0.2) is 17.4 Å². The summed E-state index contributed by atoms with van der Waals surface area (Å²) in [5.74, 6) is -5.17. The molecule has 2 aromatic rings. The zero-order valence-corrected chi connectivity index (χ0v) is 10.9. The lowest BCUT2D eigenvalue weighted by Crippen LogP contribution is -2.07. The van der Waals surface area contributed by atoms with E-state index in [1.807, 2.05) is 0 Å². The lowest BCUT2D eigenvalue weighted by molar-refractivity contribution is -0.138. The molecule has 0 aliphatic rings. The predicted octanol–water partition coefficient (Wildman–Crippen LogP) is 5.79. The first-order valence-corrected chi connectivity index (χ1v) is 5.90. The van der Waals surface area contributed by atoms with Gasteiger partial charge in [-0.3, -0.25) is 0 Å². The summed E-state index contributed by atoms with van der Waals surface area (Å²) in [6, 6.07) is 3.06. The van der Waals surface area contributed by atoms with Crippen LogP contribution in [0.15, 0.2) is 36.4 Å². The number of hydrogen-bond acceptors (Lipinski definition) is 1. The van der Waals surface area contributed by atoms with Crippen LogP contribution in [0.5, 0.6) is 11.5 Å². The predicted molar refractivity (Wildman–Crippen MR) is 62.9 cm³/mol. The van der Waals surface area contributed by atoms with Crippen molar-refractivity contribution < 1.29 is 39.9 Å². The number of hydrogen-bond donors (Lipinski definition) is 0. The third-order valence-electron chi connectivity index (χ3n) is 2.71. The van der Waals surface area contributed by atoms with Crippen LogP contribution in [-0.4, -0.2) is 0 Å². The Bertz CT molecular complexity index is 694. The highest BCUT2D eigenvalue weighted by atomic mass is 19.4. The van der Waals surface area contributed by atoms with Crippen molar-refractivity contribution in [2.75, 3.05) is 0 Å². The van der Waals surface area contributed by atoms with Gasteiger partial charge >= 0.3 is 12.4 Å². The lowest BCUT2D eigenvalue weighted by atomic mass is 10.2. The van der Waals surface area contributed by atoms with E-state index in [1.54, 1.807) is 0 Å². The molecule has 124 valence electrons. The minimum absolute atomic E-state index is 0.00791. The molecule has 0 amide bonds. The number of rotatable bonds is 2. The topological polar surface area (TPSA) is 9.23 Å². The minimum Gasteiger partial charge on any atom is -0.451 e. The molecule has 0 heterocycles. The summed E-state index contributed by atoms with van der Waals surface area (Å²) in [7, 11) is 0. The largest absolute Gasteiger partial charge is 0.451 e. The molecule has 0 fully saturated rings. The molecule has 2 rings (SSSR count). The maximum absolute atomic E-state index is 13.6. The van der Waals surface area contributed by atoms with E-state index in [4.69, 9.17) is 0 Å². The van der Waals surface area contributed by atoms with Crippen molar-refractivity contribution in [3.05, 3.63) is 59.2 Å². The molecule has 0 saturated carbocycles. The number of benzene rings is 2. The van der Waals surface area contributed by atoms with E-state index in [9.17, 15) is 35.1 Å². The van der Waals surface area contributed by atoms with Crippen LogP contribution >= 0.6 is 0 Å². The summed E-state index contributed by atoms with van der Waals surface area (Å²) in [4.78, 5) is 0. The van der Waals surface area contributed by atoms with Crippen LogP contribution in [-0.2, 0) is 12.4 Å². The molecule has 2 aromatic carbocycles. The lowest BCUT2D eigenvalue weighted by Gasteiger charge is -2.13. The first kappa shape index (κ1) is 17.0. The summed E-state index contributed by atoms with van der Waals surface area (Å²) in [5.41, 5.74) is -2.72. The van der Waals surface area contributed by atoms with Crippen molar-refractivity contribution in [1.82, 2.24) is 0 Å². The summed E-state index contributed by atoms with van der Waals surface area (Å²) >= 11 is 0. The molecule has 0 aromatic heterocycles. The fraction of sp³-hybridized carbons (Fsp3) is 0.143. The molecule has 0 N–H and O–H groups in total. The number of halogens is 8. The van der Waals surface area contributed by atoms with E-state index >= 15 is 0 Å². The van der Waals surface area contributed by atoms with E-state index in [2.05, 4.69) is 4.74 Å². The molecule has 1 nitrogen and oxygen atoms in total. The molecule has 0 aliphatic carbocycles. The Kier molecular flexibility index (Phi) is 4.23. The van der Waals surface area contributed by atoms with Crippen LogP contribution in [0, 0.1) is 11.6 Å². The monoisotopic (exact) mass is 342 g/mol. The second-order valence-corrected chi connectivity index (χ2v) is 4.39. The maximum atomic E-state index is 13.6. The first-order valence-electron chi connectivity index (χ1n) is 5.90. The van der Waals surface area contributed by atoms with Gasteiger partial charge in [0.05, 0.1) is 11.1 Å². The van der Waals surface area contributed by atoms with Crippen LogP contribution < -0.4 is 4.74 Å². The Morgan fingerprint density at radius 1 is 0.696 bits per heavy atom. The molecule has 0 bridgehead atoms. The zero-order valence-electron chi connectivity index (χ0n) is 10.9. The Hall–Kier alpha value is -2.32. The third kappa shape index (κ3) is 3.91. The average Bonchev–Trinajstić information content (AvgIpc) is 2.41. The van der Waals surface area contributed by atoms with E-state index in [1.165, 1.54) is 0 Å². The fourth-order valence-electron chi connectivity index (χ4n) is 1.67. The summed E-state index contributed by atoms with van der Waals surface area (Å²) < 4.78 is 107. The molecule has 0 aliphatic heterocycles. The summed E-state index contributed by atoms with van der Waals surface area (Å²) in [5, 5.41) is 0. The van der Waals surface area contributed by atoms with Gasteiger partial charge in [0.25, 0.3) is 0 Å². The van der Waals surface area contributed by atoms with Gasteiger partial charge in [0, 0.05) is 0 Å². The van der Waals surface area contributed by atoms with E-state index in [-0.39, 0.29) is 12.1 Å². The van der Waals surface area contributed by atoms with Gasteiger partial charge in [-0.05, 0) is 30.3 Å². The smallest absolute Gasteiger partial charge is 0.416 e. The number of ether oxygens (including phenoxy) is 1. The Morgan fingerprint density at radius 2 is 1.22 bits per heavy atom. The van der Waals surface area contributed by atoms with Crippen molar-refractivity contribution in [2.24, 2.45) is 0 Å². The van der Waals surface area contributed by atoms with Gasteiger partial charge in [-0.25, -0.2) is 8.78 Å². The van der Waals surface area contributed by atoms with E-state index in [0.717, 1.165) is 12.1 Å². The minimum atomic E-state index is -4.98. The van der Waals surface area contributed by atoms with Gasteiger partial charge < -0.3 is 4.74 Å². The van der Waals surface area contributed by atoms with Crippen molar-refractivity contribution in [1.29, 1.82) is 0 Å². The SMILES string of the molecule is Fc1cc(C(F)(F)F)cc(F)c1Oc1cccc(C(F)(F)F)c1. The molecule has 0 spiro atoms. The van der Waals surface area contributed by atoms with E-state index < -0.39 is 46.6 Å². The fourth-order valence-corrected chi connectivity index (χ4v) is 1.67. The summed E-state index contributed by atoms with van der Waals surface area (Å²) in [6.07, 6.45) is -9.69. The molecule has 0 saturated heterocycles. The highest BCUT2D eigenvalue weighted by Gasteiger charge is 2.33. The zero-order chi connectivity index (χ0) is 17.4. The maximum Gasteiger partial charge on any atom is 0.416 e. The molecule has 9 heteroatoms. The van der Waals surface area contributed by atoms with Crippen molar-refractivity contribution in [3.8, 4) is 11.5 Å². The van der Waals surface area contributed by atoms with Crippen LogP contribution in [0.4, 0.5) is 35.1 Å².